The second-order valence-corrected chi connectivity index (χ2v) is 13.7. The van der Waals surface area contributed by atoms with Crippen molar-refractivity contribution in [3.8, 4) is 44.5 Å². The van der Waals surface area contributed by atoms with E-state index in [9.17, 15) is 0 Å². The Bertz CT molecular complexity index is 2700. The fourth-order valence-corrected chi connectivity index (χ4v) is 8.10. The van der Waals surface area contributed by atoms with Crippen LogP contribution in [0.1, 0.15) is 11.1 Å². The molecule has 9 aromatic carbocycles. The molecule has 1 heteroatoms. The summed E-state index contributed by atoms with van der Waals surface area (Å²) < 4.78 is 0. The van der Waals surface area contributed by atoms with Gasteiger partial charge in [0, 0.05) is 16.8 Å². The molecule has 0 unspecified atom stereocenters. The molecule has 0 heterocycles. The number of hydrogen-bond donors (Lipinski definition) is 0. The molecule has 1 aliphatic rings. The molecule has 0 saturated carbocycles. The summed E-state index contributed by atoms with van der Waals surface area (Å²) >= 11 is 0. The fourth-order valence-electron chi connectivity index (χ4n) is 8.10. The summed E-state index contributed by atoms with van der Waals surface area (Å²) in [4.78, 5) is 2.40. The van der Waals surface area contributed by atoms with Gasteiger partial charge in [-0.2, -0.15) is 0 Å². The maximum Gasteiger partial charge on any atom is 0.0540 e. The molecule has 0 aromatic heterocycles. The number of anilines is 3. The van der Waals surface area contributed by atoms with Crippen LogP contribution in [0.15, 0.2) is 200 Å². The number of hydrogen-bond acceptors (Lipinski definition) is 1. The first-order valence-electron chi connectivity index (χ1n) is 18.3. The van der Waals surface area contributed by atoms with Crippen molar-refractivity contribution in [2.45, 2.75) is 0 Å². The SMILES string of the molecule is C1=Cc2c(-c3ccc(N(c4ccc(-c5ccccc5)cc4)c4ccc(-c5ccccc5)cc4)c4ccccc34)ccc3c(-c4ccccc4)ccc1c23. The number of nitrogens with zero attached hydrogens (tertiary/aromatic N) is 1. The Morgan fingerprint density at radius 2 is 0.774 bits per heavy atom. The van der Waals surface area contributed by atoms with Gasteiger partial charge in [-0.1, -0.05) is 182 Å². The predicted octanol–water partition coefficient (Wildman–Crippen LogP) is 14.6. The van der Waals surface area contributed by atoms with E-state index >= 15 is 0 Å². The van der Waals surface area contributed by atoms with E-state index in [1.54, 1.807) is 0 Å². The van der Waals surface area contributed by atoms with Crippen LogP contribution in [-0.2, 0) is 0 Å². The van der Waals surface area contributed by atoms with Crippen molar-refractivity contribution in [3.05, 3.63) is 211 Å². The molecule has 248 valence electrons. The summed E-state index contributed by atoms with van der Waals surface area (Å²) in [6.45, 7) is 0. The van der Waals surface area contributed by atoms with Gasteiger partial charge in [0.2, 0.25) is 0 Å². The lowest BCUT2D eigenvalue weighted by Crippen LogP contribution is -2.10. The fraction of sp³-hybridized carbons (Fsp3) is 0. The van der Waals surface area contributed by atoms with E-state index in [-0.39, 0.29) is 0 Å². The van der Waals surface area contributed by atoms with Gasteiger partial charge in [0.1, 0.15) is 0 Å². The molecule has 0 N–H and O–H groups in total. The van der Waals surface area contributed by atoms with E-state index in [0.717, 1.165) is 17.1 Å². The largest absolute Gasteiger partial charge is 0.310 e. The van der Waals surface area contributed by atoms with E-state index < -0.39 is 0 Å². The molecule has 0 fully saturated rings. The summed E-state index contributed by atoms with van der Waals surface area (Å²) in [6, 6.07) is 72.5. The number of rotatable bonds is 7. The van der Waals surface area contributed by atoms with Crippen LogP contribution in [0.3, 0.4) is 0 Å². The van der Waals surface area contributed by atoms with Gasteiger partial charge >= 0.3 is 0 Å². The van der Waals surface area contributed by atoms with Crippen LogP contribution in [0.25, 0.3) is 78.2 Å². The highest BCUT2D eigenvalue weighted by Gasteiger charge is 2.21. The van der Waals surface area contributed by atoms with Crippen molar-refractivity contribution in [1.82, 2.24) is 0 Å². The molecule has 0 radical (unpaired) electrons. The van der Waals surface area contributed by atoms with Gasteiger partial charge in [-0.05, 0) is 102 Å². The maximum absolute atomic E-state index is 2.40. The van der Waals surface area contributed by atoms with E-state index in [4.69, 9.17) is 0 Å². The van der Waals surface area contributed by atoms with Gasteiger partial charge in [-0.25, -0.2) is 0 Å². The molecular formula is C52H35N. The van der Waals surface area contributed by atoms with Crippen molar-refractivity contribution in [1.29, 1.82) is 0 Å². The third-order valence-electron chi connectivity index (χ3n) is 10.7. The Morgan fingerprint density at radius 1 is 0.283 bits per heavy atom. The quantitative estimate of drug-likeness (QED) is 0.163. The standard InChI is InChI=1S/C52H35N/c1-4-12-36(13-5-1)38-20-26-42(27-21-38)53(43-28-22-39(23-29-43)37-14-6-2-7-15-37)51-35-34-46(45-18-10-11-19-48(45)51)47-32-33-49-44(40-16-8-3-9-17-40)30-24-41-25-31-50(47)52(41)49/h1-35H. The van der Waals surface area contributed by atoms with Crippen LogP contribution in [0.2, 0.25) is 0 Å². The molecule has 0 bridgehead atoms. The molecule has 0 saturated heterocycles. The summed E-state index contributed by atoms with van der Waals surface area (Å²) in [5.74, 6) is 0. The zero-order chi connectivity index (χ0) is 35.1. The lowest BCUT2D eigenvalue weighted by atomic mass is 9.89. The highest BCUT2D eigenvalue weighted by Crippen LogP contribution is 2.46. The van der Waals surface area contributed by atoms with Crippen molar-refractivity contribution in [3.63, 3.8) is 0 Å². The molecule has 0 atom stereocenters. The first-order chi connectivity index (χ1) is 26.3. The third-order valence-corrected chi connectivity index (χ3v) is 10.7. The van der Waals surface area contributed by atoms with Crippen LogP contribution in [0, 0.1) is 0 Å². The first kappa shape index (κ1) is 30.8. The normalized spacial score (nSPS) is 11.7. The molecule has 1 aliphatic carbocycles. The van der Waals surface area contributed by atoms with Gasteiger partial charge < -0.3 is 4.90 Å². The lowest BCUT2D eigenvalue weighted by molar-refractivity contribution is 1.30. The predicted molar refractivity (Wildman–Crippen MR) is 227 cm³/mol. The monoisotopic (exact) mass is 673 g/mol. The summed E-state index contributed by atoms with van der Waals surface area (Å²) in [7, 11) is 0. The van der Waals surface area contributed by atoms with E-state index in [1.807, 2.05) is 0 Å². The van der Waals surface area contributed by atoms with Crippen LogP contribution >= 0.6 is 0 Å². The Kier molecular flexibility index (Phi) is 7.55. The van der Waals surface area contributed by atoms with E-state index in [1.165, 1.54) is 77.2 Å². The van der Waals surface area contributed by atoms with Crippen molar-refractivity contribution >= 4 is 50.8 Å². The van der Waals surface area contributed by atoms with Gasteiger partial charge in [-0.3, -0.25) is 0 Å². The molecule has 10 rings (SSSR count). The second-order valence-electron chi connectivity index (χ2n) is 13.7. The smallest absolute Gasteiger partial charge is 0.0540 e. The minimum atomic E-state index is 1.11. The summed E-state index contributed by atoms with van der Waals surface area (Å²) in [5, 5.41) is 5.06. The zero-order valence-corrected chi connectivity index (χ0v) is 29.2. The molecule has 53 heavy (non-hydrogen) atoms. The molecule has 0 spiro atoms. The van der Waals surface area contributed by atoms with E-state index in [0.29, 0.717) is 0 Å². The average Bonchev–Trinajstić information content (AvgIpc) is 3.68. The van der Waals surface area contributed by atoms with Crippen LogP contribution in [0.5, 0.6) is 0 Å². The van der Waals surface area contributed by atoms with Crippen LogP contribution in [-0.4, -0.2) is 0 Å². The Morgan fingerprint density at radius 3 is 1.38 bits per heavy atom. The molecular weight excluding hydrogens is 639 g/mol. The topological polar surface area (TPSA) is 3.24 Å². The van der Waals surface area contributed by atoms with Crippen molar-refractivity contribution in [2.75, 3.05) is 4.90 Å². The molecule has 1 nitrogen and oxygen atoms in total. The molecule has 9 aromatic rings. The Hall–Kier alpha value is -6.96. The molecule has 0 amide bonds. The number of benzene rings is 9. The zero-order valence-electron chi connectivity index (χ0n) is 29.2. The minimum absolute atomic E-state index is 1.11. The average molecular weight is 674 g/mol. The van der Waals surface area contributed by atoms with Crippen LogP contribution < -0.4 is 4.90 Å². The Labute approximate surface area is 310 Å². The van der Waals surface area contributed by atoms with E-state index in [2.05, 4.69) is 217 Å². The third kappa shape index (κ3) is 5.42. The van der Waals surface area contributed by atoms with Crippen molar-refractivity contribution < 1.29 is 0 Å². The van der Waals surface area contributed by atoms with Gasteiger partial charge in [-0.15, -0.1) is 0 Å². The second kappa shape index (κ2) is 13.0. The Balaban J connectivity index is 1.13. The highest BCUT2D eigenvalue weighted by molar-refractivity contribution is 6.16. The van der Waals surface area contributed by atoms with Crippen LogP contribution in [0.4, 0.5) is 17.1 Å². The molecule has 0 aliphatic heterocycles. The van der Waals surface area contributed by atoms with Gasteiger partial charge in [0.15, 0.2) is 0 Å². The number of fused-ring (bicyclic) bond motifs is 1. The lowest BCUT2D eigenvalue weighted by Gasteiger charge is -2.28. The van der Waals surface area contributed by atoms with Gasteiger partial charge in [0.25, 0.3) is 0 Å². The summed E-state index contributed by atoms with van der Waals surface area (Å²) in [5.41, 5.74) is 15.8. The van der Waals surface area contributed by atoms with Gasteiger partial charge in [0.05, 0.1) is 5.69 Å². The maximum atomic E-state index is 2.40. The first-order valence-corrected chi connectivity index (χ1v) is 18.3. The van der Waals surface area contributed by atoms with Crippen molar-refractivity contribution in [2.24, 2.45) is 0 Å². The summed E-state index contributed by atoms with van der Waals surface area (Å²) in [6.07, 6.45) is 4.58. The highest BCUT2D eigenvalue weighted by atomic mass is 15.1. The minimum Gasteiger partial charge on any atom is -0.310 e.